The number of carbonyl (C=O) groups is 1. The molecular weight excluding hydrogens is 298 g/mol. The molecule has 0 saturated carbocycles. The van der Waals surface area contributed by atoms with Gasteiger partial charge in [-0.05, 0) is 37.5 Å². The Hall–Kier alpha value is -1.98. The van der Waals surface area contributed by atoms with Gasteiger partial charge in [-0.1, -0.05) is 42.5 Å². The summed E-state index contributed by atoms with van der Waals surface area (Å²) in [7, 11) is -3.57. The Morgan fingerprint density at radius 3 is 2.45 bits per heavy atom. The van der Waals surface area contributed by atoms with Crippen molar-refractivity contribution in [2.45, 2.75) is 24.7 Å². The lowest BCUT2D eigenvalue weighted by Crippen LogP contribution is -2.25. The highest BCUT2D eigenvalue weighted by molar-refractivity contribution is 7.89. The zero-order valence-electron chi connectivity index (χ0n) is 12.5. The molecule has 1 N–H and O–H groups in total. The number of Topliss-reactive ketones (excluding diaryl/α,β-unsaturated/α-hetero) is 1. The van der Waals surface area contributed by atoms with Gasteiger partial charge in [-0.15, -0.1) is 0 Å². The van der Waals surface area contributed by atoms with Crippen LogP contribution in [0.3, 0.4) is 0 Å². The molecule has 2 rings (SSSR count). The van der Waals surface area contributed by atoms with Gasteiger partial charge in [0.25, 0.3) is 0 Å². The van der Waals surface area contributed by atoms with Crippen molar-refractivity contribution in [3.05, 3.63) is 65.7 Å². The van der Waals surface area contributed by atoms with Crippen LogP contribution < -0.4 is 4.72 Å². The first kappa shape index (κ1) is 16.4. The van der Waals surface area contributed by atoms with E-state index < -0.39 is 10.0 Å². The second-order valence-corrected chi connectivity index (χ2v) is 6.84. The Balaban J connectivity index is 1.94. The fourth-order valence-corrected chi connectivity index (χ4v) is 3.23. The fourth-order valence-electron chi connectivity index (χ4n) is 2.11. The summed E-state index contributed by atoms with van der Waals surface area (Å²) in [5.41, 5.74) is 1.58. The second kappa shape index (κ2) is 7.33. The van der Waals surface area contributed by atoms with Gasteiger partial charge < -0.3 is 0 Å². The molecule has 0 atom stereocenters. The van der Waals surface area contributed by atoms with Crippen LogP contribution in [0.2, 0.25) is 0 Å². The highest BCUT2D eigenvalue weighted by atomic mass is 32.2. The number of ketones is 1. The average Bonchev–Trinajstić information content (AvgIpc) is 2.53. The minimum Gasteiger partial charge on any atom is -0.295 e. The predicted molar refractivity (Wildman–Crippen MR) is 86.4 cm³/mol. The van der Waals surface area contributed by atoms with E-state index in [0.717, 1.165) is 12.8 Å². The first-order valence-corrected chi connectivity index (χ1v) is 8.62. The molecule has 5 heteroatoms. The van der Waals surface area contributed by atoms with Crippen LogP contribution in [0.25, 0.3) is 0 Å². The third-order valence-electron chi connectivity index (χ3n) is 3.33. The summed E-state index contributed by atoms with van der Waals surface area (Å²) in [5.74, 6) is -0.152. The lowest BCUT2D eigenvalue weighted by molar-refractivity contribution is 0.101. The number of sulfonamides is 1. The number of aryl methyl sites for hydroxylation is 1. The van der Waals surface area contributed by atoms with Crippen molar-refractivity contribution < 1.29 is 13.2 Å². The maximum absolute atomic E-state index is 12.2. The monoisotopic (exact) mass is 317 g/mol. The lowest BCUT2D eigenvalue weighted by atomic mass is 10.1. The summed E-state index contributed by atoms with van der Waals surface area (Å²) in [6, 6.07) is 16.0. The van der Waals surface area contributed by atoms with Gasteiger partial charge in [0, 0.05) is 12.1 Å². The van der Waals surface area contributed by atoms with Crippen LogP contribution in [0.4, 0.5) is 0 Å². The Bertz CT molecular complexity index is 740. The Morgan fingerprint density at radius 1 is 1.05 bits per heavy atom. The predicted octanol–water partition coefficient (Wildman–Crippen LogP) is 2.80. The molecule has 0 spiro atoms. The normalized spacial score (nSPS) is 11.3. The van der Waals surface area contributed by atoms with Crippen molar-refractivity contribution in [3.63, 3.8) is 0 Å². The van der Waals surface area contributed by atoms with Crippen LogP contribution in [0.1, 0.15) is 29.3 Å². The molecule has 0 heterocycles. The largest absolute Gasteiger partial charge is 0.295 e. The van der Waals surface area contributed by atoms with Crippen LogP contribution in [-0.2, 0) is 16.4 Å². The molecule has 0 aliphatic carbocycles. The third kappa shape index (κ3) is 4.51. The smallest absolute Gasteiger partial charge is 0.240 e. The number of hydrogen-bond donors (Lipinski definition) is 1. The van der Waals surface area contributed by atoms with Gasteiger partial charge in [0.1, 0.15) is 0 Å². The number of carbonyl (C=O) groups excluding carboxylic acids is 1. The van der Waals surface area contributed by atoms with E-state index in [4.69, 9.17) is 0 Å². The number of nitrogens with one attached hydrogen (secondary N) is 1. The van der Waals surface area contributed by atoms with Gasteiger partial charge >= 0.3 is 0 Å². The highest BCUT2D eigenvalue weighted by Crippen LogP contribution is 2.12. The molecular formula is C17H19NO3S. The standard InChI is InChI=1S/C17H19NO3S/c1-14(19)16-10-5-11-17(13-16)22(20,21)18-12-6-9-15-7-3-2-4-8-15/h2-5,7-8,10-11,13,18H,6,9,12H2,1H3. The number of rotatable bonds is 7. The molecule has 2 aromatic carbocycles. The third-order valence-corrected chi connectivity index (χ3v) is 4.79. The van der Waals surface area contributed by atoms with E-state index in [-0.39, 0.29) is 10.7 Å². The van der Waals surface area contributed by atoms with Crippen molar-refractivity contribution in [2.24, 2.45) is 0 Å². The topological polar surface area (TPSA) is 63.2 Å². The quantitative estimate of drug-likeness (QED) is 0.631. The number of benzene rings is 2. The van der Waals surface area contributed by atoms with Gasteiger partial charge in [-0.2, -0.15) is 0 Å². The van der Waals surface area contributed by atoms with Gasteiger partial charge in [0.2, 0.25) is 10.0 Å². The molecule has 116 valence electrons. The Morgan fingerprint density at radius 2 is 1.77 bits per heavy atom. The Labute approximate surface area is 131 Å². The van der Waals surface area contributed by atoms with E-state index in [9.17, 15) is 13.2 Å². The first-order chi connectivity index (χ1) is 10.5. The molecule has 2 aromatic rings. The first-order valence-electron chi connectivity index (χ1n) is 7.13. The molecule has 0 aliphatic heterocycles. The van der Waals surface area contributed by atoms with Crippen LogP contribution in [0.5, 0.6) is 0 Å². The van der Waals surface area contributed by atoms with Crippen LogP contribution in [-0.4, -0.2) is 20.7 Å². The summed E-state index contributed by atoms with van der Waals surface area (Å²) in [5, 5.41) is 0. The summed E-state index contributed by atoms with van der Waals surface area (Å²) in [6.07, 6.45) is 1.53. The fraction of sp³-hybridized carbons (Fsp3) is 0.235. The van der Waals surface area contributed by atoms with E-state index >= 15 is 0 Å². The van der Waals surface area contributed by atoms with E-state index in [1.54, 1.807) is 12.1 Å². The van der Waals surface area contributed by atoms with E-state index in [2.05, 4.69) is 4.72 Å². The van der Waals surface area contributed by atoms with E-state index in [0.29, 0.717) is 12.1 Å². The SMILES string of the molecule is CC(=O)c1cccc(S(=O)(=O)NCCCc2ccccc2)c1. The molecule has 0 saturated heterocycles. The van der Waals surface area contributed by atoms with Crippen LogP contribution in [0.15, 0.2) is 59.5 Å². The molecule has 4 nitrogen and oxygen atoms in total. The minimum absolute atomic E-state index is 0.125. The van der Waals surface area contributed by atoms with Crippen molar-refractivity contribution in [1.29, 1.82) is 0 Å². The summed E-state index contributed by atoms with van der Waals surface area (Å²) >= 11 is 0. The van der Waals surface area contributed by atoms with Crippen molar-refractivity contribution in [3.8, 4) is 0 Å². The molecule has 0 aromatic heterocycles. The molecule has 22 heavy (non-hydrogen) atoms. The molecule has 0 fully saturated rings. The van der Waals surface area contributed by atoms with E-state index in [1.165, 1.54) is 24.6 Å². The summed E-state index contributed by atoms with van der Waals surface area (Å²) in [4.78, 5) is 11.5. The van der Waals surface area contributed by atoms with Gasteiger partial charge in [-0.25, -0.2) is 13.1 Å². The molecule has 0 amide bonds. The van der Waals surface area contributed by atoms with E-state index in [1.807, 2.05) is 30.3 Å². The molecule has 0 aliphatic rings. The number of hydrogen-bond acceptors (Lipinski definition) is 3. The van der Waals surface area contributed by atoms with Crippen LogP contribution >= 0.6 is 0 Å². The highest BCUT2D eigenvalue weighted by Gasteiger charge is 2.14. The summed E-state index contributed by atoms with van der Waals surface area (Å²) < 4.78 is 27.0. The average molecular weight is 317 g/mol. The summed E-state index contributed by atoms with van der Waals surface area (Å²) in [6.45, 7) is 1.78. The van der Waals surface area contributed by atoms with Crippen LogP contribution in [0, 0.1) is 0 Å². The zero-order valence-corrected chi connectivity index (χ0v) is 13.3. The minimum atomic E-state index is -3.57. The van der Waals surface area contributed by atoms with Crippen molar-refractivity contribution in [1.82, 2.24) is 4.72 Å². The van der Waals surface area contributed by atoms with Gasteiger partial charge in [0.15, 0.2) is 5.78 Å². The maximum atomic E-state index is 12.2. The second-order valence-electron chi connectivity index (χ2n) is 5.07. The molecule has 0 bridgehead atoms. The molecule has 0 radical (unpaired) electrons. The Kier molecular flexibility index (Phi) is 5.46. The maximum Gasteiger partial charge on any atom is 0.240 e. The lowest BCUT2D eigenvalue weighted by Gasteiger charge is -2.08. The van der Waals surface area contributed by atoms with Crippen molar-refractivity contribution >= 4 is 15.8 Å². The molecule has 0 unspecified atom stereocenters. The van der Waals surface area contributed by atoms with Gasteiger partial charge in [-0.3, -0.25) is 4.79 Å². The zero-order chi connectivity index (χ0) is 16.0. The van der Waals surface area contributed by atoms with Gasteiger partial charge in [0.05, 0.1) is 4.90 Å². The van der Waals surface area contributed by atoms with Crippen molar-refractivity contribution in [2.75, 3.05) is 6.54 Å².